The quantitative estimate of drug-likeness (QED) is 0.609. The molecule has 1 N–H and O–H groups in total. The third kappa shape index (κ3) is 4.56. The van der Waals surface area contributed by atoms with Gasteiger partial charge in [0.25, 0.3) is 0 Å². The summed E-state index contributed by atoms with van der Waals surface area (Å²) in [6, 6.07) is 6.26. The SMILES string of the molecule is C#CCNCC(=O)N(CC)Cc1cccc(F)c1. The Kier molecular flexibility index (Phi) is 5.89. The molecule has 0 saturated heterocycles. The monoisotopic (exact) mass is 248 g/mol. The Morgan fingerprint density at radius 1 is 1.56 bits per heavy atom. The molecule has 0 spiro atoms. The summed E-state index contributed by atoms with van der Waals surface area (Å²) < 4.78 is 13.0. The second-order valence-electron chi connectivity index (χ2n) is 3.85. The molecule has 0 unspecified atom stereocenters. The average Bonchev–Trinajstić information content (AvgIpc) is 2.36. The number of terminal acetylenes is 1. The van der Waals surface area contributed by atoms with Crippen molar-refractivity contribution in [2.75, 3.05) is 19.6 Å². The van der Waals surface area contributed by atoms with Crippen molar-refractivity contribution in [1.82, 2.24) is 10.2 Å². The van der Waals surface area contributed by atoms with Gasteiger partial charge in [-0.3, -0.25) is 10.1 Å². The Hall–Kier alpha value is -1.86. The molecular weight excluding hydrogens is 231 g/mol. The van der Waals surface area contributed by atoms with E-state index in [4.69, 9.17) is 6.42 Å². The topological polar surface area (TPSA) is 32.3 Å². The van der Waals surface area contributed by atoms with Gasteiger partial charge >= 0.3 is 0 Å². The van der Waals surface area contributed by atoms with Crippen molar-refractivity contribution < 1.29 is 9.18 Å². The second kappa shape index (κ2) is 7.46. The summed E-state index contributed by atoms with van der Waals surface area (Å²) in [5, 5.41) is 2.85. The van der Waals surface area contributed by atoms with Crippen LogP contribution in [0.2, 0.25) is 0 Å². The number of hydrogen-bond acceptors (Lipinski definition) is 2. The number of amides is 1. The van der Waals surface area contributed by atoms with Crippen molar-refractivity contribution in [3.05, 3.63) is 35.6 Å². The molecule has 1 amide bonds. The zero-order valence-corrected chi connectivity index (χ0v) is 10.4. The van der Waals surface area contributed by atoms with Crippen LogP contribution in [0.5, 0.6) is 0 Å². The molecule has 0 atom stereocenters. The number of benzene rings is 1. The van der Waals surface area contributed by atoms with Gasteiger partial charge in [-0.15, -0.1) is 6.42 Å². The Labute approximate surface area is 107 Å². The lowest BCUT2D eigenvalue weighted by molar-refractivity contribution is -0.130. The van der Waals surface area contributed by atoms with Gasteiger partial charge in [-0.05, 0) is 24.6 Å². The molecule has 0 heterocycles. The van der Waals surface area contributed by atoms with Gasteiger partial charge in [0.05, 0.1) is 13.1 Å². The van der Waals surface area contributed by atoms with Crippen molar-refractivity contribution in [3.63, 3.8) is 0 Å². The van der Waals surface area contributed by atoms with Crippen molar-refractivity contribution in [2.24, 2.45) is 0 Å². The third-order valence-electron chi connectivity index (χ3n) is 2.50. The number of likely N-dealkylation sites (N-methyl/N-ethyl adjacent to an activating group) is 1. The standard InChI is InChI=1S/C14H17FN2O/c1-3-8-16-10-14(18)17(4-2)11-12-6-5-7-13(15)9-12/h1,5-7,9,16H,4,8,10-11H2,2H3. The van der Waals surface area contributed by atoms with Crippen molar-refractivity contribution in [3.8, 4) is 12.3 Å². The van der Waals surface area contributed by atoms with Gasteiger partial charge in [-0.2, -0.15) is 0 Å². The molecule has 0 aromatic heterocycles. The predicted octanol–water partition coefficient (Wildman–Crippen LogP) is 1.40. The molecule has 0 saturated carbocycles. The van der Waals surface area contributed by atoms with Crippen molar-refractivity contribution in [1.29, 1.82) is 0 Å². The number of hydrogen-bond donors (Lipinski definition) is 1. The van der Waals surface area contributed by atoms with Gasteiger partial charge in [-0.1, -0.05) is 18.1 Å². The van der Waals surface area contributed by atoms with E-state index in [1.165, 1.54) is 12.1 Å². The summed E-state index contributed by atoms with van der Waals surface area (Å²) in [7, 11) is 0. The van der Waals surface area contributed by atoms with E-state index in [0.717, 1.165) is 5.56 Å². The molecule has 0 aliphatic carbocycles. The highest BCUT2D eigenvalue weighted by Crippen LogP contribution is 2.07. The Bertz CT molecular complexity index is 440. The van der Waals surface area contributed by atoms with Gasteiger partial charge in [-0.25, -0.2) is 4.39 Å². The number of halogens is 1. The van der Waals surface area contributed by atoms with Gasteiger partial charge in [0.1, 0.15) is 5.82 Å². The van der Waals surface area contributed by atoms with Crippen LogP contribution in [0.1, 0.15) is 12.5 Å². The minimum Gasteiger partial charge on any atom is -0.338 e. The van der Waals surface area contributed by atoms with Gasteiger partial charge in [0, 0.05) is 13.1 Å². The van der Waals surface area contributed by atoms with Crippen LogP contribution in [0.4, 0.5) is 4.39 Å². The number of nitrogens with one attached hydrogen (secondary N) is 1. The highest BCUT2D eigenvalue weighted by atomic mass is 19.1. The largest absolute Gasteiger partial charge is 0.338 e. The Balaban J connectivity index is 2.56. The molecule has 1 rings (SSSR count). The smallest absolute Gasteiger partial charge is 0.236 e. The van der Waals surface area contributed by atoms with E-state index >= 15 is 0 Å². The first-order valence-corrected chi connectivity index (χ1v) is 5.83. The van der Waals surface area contributed by atoms with Gasteiger partial charge in [0.15, 0.2) is 0 Å². The normalized spacial score (nSPS) is 9.83. The van der Waals surface area contributed by atoms with Crippen LogP contribution in [-0.4, -0.2) is 30.4 Å². The molecule has 0 bridgehead atoms. The summed E-state index contributed by atoms with van der Waals surface area (Å²) in [4.78, 5) is 13.5. The molecule has 4 heteroatoms. The van der Waals surface area contributed by atoms with Crippen molar-refractivity contribution in [2.45, 2.75) is 13.5 Å². The number of carbonyl (C=O) groups excluding carboxylic acids is 1. The van der Waals surface area contributed by atoms with Crippen LogP contribution in [0, 0.1) is 18.2 Å². The van der Waals surface area contributed by atoms with Crippen LogP contribution in [0.15, 0.2) is 24.3 Å². The number of nitrogens with zero attached hydrogens (tertiary/aromatic N) is 1. The average molecular weight is 248 g/mol. The maximum atomic E-state index is 13.0. The van der Waals surface area contributed by atoms with E-state index in [2.05, 4.69) is 11.2 Å². The molecular formula is C14H17FN2O. The van der Waals surface area contributed by atoms with E-state index in [1.807, 2.05) is 6.92 Å². The predicted molar refractivity (Wildman–Crippen MR) is 69.2 cm³/mol. The van der Waals surface area contributed by atoms with E-state index in [0.29, 0.717) is 19.6 Å². The third-order valence-corrected chi connectivity index (χ3v) is 2.50. The molecule has 3 nitrogen and oxygen atoms in total. The fourth-order valence-electron chi connectivity index (χ4n) is 1.59. The molecule has 0 aliphatic rings. The van der Waals surface area contributed by atoms with Gasteiger partial charge < -0.3 is 4.90 Å². The number of carbonyl (C=O) groups is 1. The van der Waals surface area contributed by atoms with Crippen LogP contribution in [0.3, 0.4) is 0 Å². The van der Waals surface area contributed by atoms with Crippen LogP contribution < -0.4 is 5.32 Å². The molecule has 18 heavy (non-hydrogen) atoms. The Morgan fingerprint density at radius 2 is 2.33 bits per heavy atom. The zero-order chi connectivity index (χ0) is 13.4. The van der Waals surface area contributed by atoms with E-state index < -0.39 is 0 Å². The zero-order valence-electron chi connectivity index (χ0n) is 10.4. The summed E-state index contributed by atoms with van der Waals surface area (Å²) in [5.74, 6) is 2.07. The summed E-state index contributed by atoms with van der Waals surface area (Å²) in [6.45, 7) is 3.44. The van der Waals surface area contributed by atoms with E-state index in [9.17, 15) is 9.18 Å². The van der Waals surface area contributed by atoms with E-state index in [1.54, 1.807) is 17.0 Å². The summed E-state index contributed by atoms with van der Waals surface area (Å²) >= 11 is 0. The van der Waals surface area contributed by atoms with Crippen LogP contribution in [0.25, 0.3) is 0 Å². The Morgan fingerprint density at radius 3 is 2.94 bits per heavy atom. The van der Waals surface area contributed by atoms with Crippen LogP contribution in [-0.2, 0) is 11.3 Å². The highest BCUT2D eigenvalue weighted by Gasteiger charge is 2.11. The minimum atomic E-state index is -0.290. The maximum absolute atomic E-state index is 13.0. The summed E-state index contributed by atoms with van der Waals surface area (Å²) in [5.41, 5.74) is 0.780. The lowest BCUT2D eigenvalue weighted by atomic mass is 10.2. The lowest BCUT2D eigenvalue weighted by Gasteiger charge is -2.21. The minimum absolute atomic E-state index is 0.0444. The first-order chi connectivity index (χ1) is 8.67. The van der Waals surface area contributed by atoms with Crippen LogP contribution >= 0.6 is 0 Å². The lowest BCUT2D eigenvalue weighted by Crippen LogP contribution is -2.37. The number of rotatable bonds is 6. The highest BCUT2D eigenvalue weighted by molar-refractivity contribution is 5.78. The molecule has 0 aliphatic heterocycles. The van der Waals surface area contributed by atoms with E-state index in [-0.39, 0.29) is 18.3 Å². The molecule has 1 aromatic rings. The van der Waals surface area contributed by atoms with Gasteiger partial charge in [0.2, 0.25) is 5.91 Å². The first kappa shape index (κ1) is 14.2. The maximum Gasteiger partial charge on any atom is 0.236 e. The van der Waals surface area contributed by atoms with Crippen molar-refractivity contribution >= 4 is 5.91 Å². The fraction of sp³-hybridized carbons (Fsp3) is 0.357. The second-order valence-corrected chi connectivity index (χ2v) is 3.85. The molecule has 0 fully saturated rings. The molecule has 1 aromatic carbocycles. The first-order valence-electron chi connectivity index (χ1n) is 5.83. The summed E-state index contributed by atoms with van der Waals surface area (Å²) in [6.07, 6.45) is 5.08. The fourth-order valence-corrected chi connectivity index (χ4v) is 1.59. The molecule has 96 valence electrons. The molecule has 0 radical (unpaired) electrons.